The lowest BCUT2D eigenvalue weighted by atomic mass is 10.2. The van der Waals surface area contributed by atoms with Gasteiger partial charge in [-0.05, 0) is 44.4 Å². The molecule has 1 N–H and O–H groups in total. The molecule has 0 amide bonds. The fourth-order valence-corrected chi connectivity index (χ4v) is 1.93. The molecule has 6 heteroatoms. The van der Waals surface area contributed by atoms with Gasteiger partial charge in [0, 0.05) is 11.4 Å². The van der Waals surface area contributed by atoms with Crippen LogP contribution in [0.2, 0.25) is 5.02 Å². The summed E-state index contributed by atoms with van der Waals surface area (Å²) in [5.41, 5.74) is 0.0500. The van der Waals surface area contributed by atoms with Crippen LogP contribution in [0.1, 0.15) is 43.0 Å². The van der Waals surface area contributed by atoms with Crippen LogP contribution < -0.4 is 4.74 Å². The van der Waals surface area contributed by atoms with Crippen molar-refractivity contribution in [2.75, 3.05) is 13.2 Å². The maximum absolute atomic E-state index is 11.1. The number of esters is 1. The van der Waals surface area contributed by atoms with Gasteiger partial charge >= 0.3 is 11.9 Å². The summed E-state index contributed by atoms with van der Waals surface area (Å²) in [5.74, 6) is -0.962. The number of ether oxygens (including phenoxy) is 2. The molecule has 0 unspecified atom stereocenters. The fraction of sp³-hybridized carbons (Fsp3) is 0.467. The number of unbranched alkanes of at least 4 members (excludes halogenated alkanes) is 2. The molecule has 21 heavy (non-hydrogen) atoms. The standard InChI is InChI=1S/C15H19ClO5/c1-2-20-14(17)6-4-3-5-9-21-13-8-7-11(16)10-12(13)15(18)19/h7-8,10H,2-6,9H2,1H3,(H,18,19). The third kappa shape index (κ3) is 6.49. The van der Waals surface area contributed by atoms with Gasteiger partial charge in [0.05, 0.1) is 13.2 Å². The Kier molecular flexibility index (Phi) is 7.61. The van der Waals surface area contributed by atoms with Crippen LogP contribution in [0, 0.1) is 0 Å². The summed E-state index contributed by atoms with van der Waals surface area (Å²) in [6, 6.07) is 4.49. The Morgan fingerprint density at radius 3 is 2.67 bits per heavy atom. The first-order valence-electron chi connectivity index (χ1n) is 6.86. The maximum atomic E-state index is 11.1. The van der Waals surface area contributed by atoms with E-state index in [1.54, 1.807) is 19.1 Å². The van der Waals surface area contributed by atoms with E-state index in [1.807, 2.05) is 0 Å². The molecule has 5 nitrogen and oxygen atoms in total. The number of halogens is 1. The largest absolute Gasteiger partial charge is 0.493 e. The van der Waals surface area contributed by atoms with E-state index in [2.05, 4.69) is 0 Å². The van der Waals surface area contributed by atoms with Crippen LogP contribution in [0.3, 0.4) is 0 Å². The smallest absolute Gasteiger partial charge is 0.339 e. The van der Waals surface area contributed by atoms with Crippen molar-refractivity contribution in [2.45, 2.75) is 32.6 Å². The molecule has 0 spiro atoms. The van der Waals surface area contributed by atoms with Gasteiger partial charge < -0.3 is 14.6 Å². The Morgan fingerprint density at radius 1 is 1.24 bits per heavy atom. The third-order valence-electron chi connectivity index (χ3n) is 2.76. The highest BCUT2D eigenvalue weighted by molar-refractivity contribution is 6.31. The predicted molar refractivity (Wildman–Crippen MR) is 79.0 cm³/mol. The van der Waals surface area contributed by atoms with Crippen molar-refractivity contribution in [1.82, 2.24) is 0 Å². The Labute approximate surface area is 128 Å². The Hall–Kier alpha value is -1.75. The molecule has 0 aliphatic heterocycles. The summed E-state index contributed by atoms with van der Waals surface area (Å²) >= 11 is 5.76. The number of rotatable bonds is 9. The van der Waals surface area contributed by atoms with Crippen molar-refractivity contribution in [2.24, 2.45) is 0 Å². The quantitative estimate of drug-likeness (QED) is 0.557. The summed E-state index contributed by atoms with van der Waals surface area (Å²) in [6.07, 6.45) is 2.68. The van der Waals surface area contributed by atoms with Gasteiger partial charge in [0.25, 0.3) is 0 Å². The number of carbonyl (C=O) groups excluding carboxylic acids is 1. The zero-order valence-electron chi connectivity index (χ0n) is 11.9. The molecule has 0 aliphatic rings. The van der Waals surface area contributed by atoms with Crippen LogP contribution in [-0.4, -0.2) is 30.3 Å². The normalized spacial score (nSPS) is 10.2. The molecule has 0 fully saturated rings. The highest BCUT2D eigenvalue weighted by Crippen LogP contribution is 2.23. The van der Waals surface area contributed by atoms with Crippen molar-refractivity contribution in [1.29, 1.82) is 0 Å². The first-order valence-corrected chi connectivity index (χ1v) is 7.23. The van der Waals surface area contributed by atoms with E-state index >= 15 is 0 Å². The average molecular weight is 315 g/mol. The van der Waals surface area contributed by atoms with Gasteiger partial charge in [-0.3, -0.25) is 4.79 Å². The van der Waals surface area contributed by atoms with E-state index in [-0.39, 0.29) is 11.5 Å². The van der Waals surface area contributed by atoms with Crippen LogP contribution in [0.25, 0.3) is 0 Å². The molecule has 0 bridgehead atoms. The van der Waals surface area contributed by atoms with Gasteiger partial charge in [-0.2, -0.15) is 0 Å². The van der Waals surface area contributed by atoms with Crippen molar-refractivity contribution >= 4 is 23.5 Å². The van der Waals surface area contributed by atoms with Crippen LogP contribution in [0.15, 0.2) is 18.2 Å². The maximum Gasteiger partial charge on any atom is 0.339 e. The molecule has 1 aromatic rings. The Bertz CT molecular complexity index is 487. The van der Waals surface area contributed by atoms with E-state index in [0.717, 1.165) is 19.3 Å². The first kappa shape index (κ1) is 17.3. The minimum absolute atomic E-state index is 0.0500. The summed E-state index contributed by atoms with van der Waals surface area (Å²) in [5, 5.41) is 9.41. The van der Waals surface area contributed by atoms with E-state index in [9.17, 15) is 9.59 Å². The van der Waals surface area contributed by atoms with Crippen LogP contribution in [0.5, 0.6) is 5.75 Å². The number of carboxylic acid groups (broad SMARTS) is 1. The van der Waals surface area contributed by atoms with Gasteiger partial charge in [-0.1, -0.05) is 11.6 Å². The van der Waals surface area contributed by atoms with Gasteiger partial charge in [-0.15, -0.1) is 0 Å². The molecule has 0 aromatic heterocycles. The molecular weight excluding hydrogens is 296 g/mol. The fourth-order valence-electron chi connectivity index (χ4n) is 1.76. The molecule has 0 radical (unpaired) electrons. The van der Waals surface area contributed by atoms with E-state index in [4.69, 9.17) is 26.2 Å². The van der Waals surface area contributed by atoms with Crippen molar-refractivity contribution in [3.63, 3.8) is 0 Å². The van der Waals surface area contributed by atoms with Gasteiger partial charge in [-0.25, -0.2) is 4.79 Å². The number of carboxylic acids is 1. The molecule has 0 heterocycles. The molecule has 0 saturated carbocycles. The summed E-state index contributed by atoms with van der Waals surface area (Å²) < 4.78 is 10.3. The molecule has 0 saturated heterocycles. The van der Waals surface area contributed by atoms with Crippen LogP contribution >= 0.6 is 11.6 Å². The second kappa shape index (κ2) is 9.23. The number of hydrogen-bond donors (Lipinski definition) is 1. The second-order valence-electron chi connectivity index (χ2n) is 4.41. The van der Waals surface area contributed by atoms with E-state index < -0.39 is 5.97 Å². The summed E-state index contributed by atoms with van der Waals surface area (Å²) in [7, 11) is 0. The Balaban J connectivity index is 2.30. The SMILES string of the molecule is CCOC(=O)CCCCCOc1ccc(Cl)cc1C(=O)O. The second-order valence-corrected chi connectivity index (χ2v) is 4.85. The first-order chi connectivity index (χ1) is 10.0. The lowest BCUT2D eigenvalue weighted by Crippen LogP contribution is -2.06. The number of hydrogen-bond acceptors (Lipinski definition) is 4. The van der Waals surface area contributed by atoms with E-state index in [1.165, 1.54) is 6.07 Å². The van der Waals surface area contributed by atoms with Gasteiger partial charge in [0.15, 0.2) is 0 Å². The Morgan fingerprint density at radius 2 is 2.00 bits per heavy atom. The van der Waals surface area contributed by atoms with Crippen molar-refractivity contribution in [3.8, 4) is 5.75 Å². The topological polar surface area (TPSA) is 72.8 Å². The third-order valence-corrected chi connectivity index (χ3v) is 3.00. The lowest BCUT2D eigenvalue weighted by molar-refractivity contribution is -0.143. The van der Waals surface area contributed by atoms with E-state index in [0.29, 0.717) is 30.4 Å². The summed E-state index contributed by atoms with van der Waals surface area (Å²) in [4.78, 5) is 22.2. The highest BCUT2D eigenvalue weighted by atomic mass is 35.5. The molecule has 1 aromatic carbocycles. The van der Waals surface area contributed by atoms with Crippen LogP contribution in [-0.2, 0) is 9.53 Å². The van der Waals surface area contributed by atoms with Crippen molar-refractivity contribution in [3.05, 3.63) is 28.8 Å². The molecule has 0 atom stereocenters. The minimum Gasteiger partial charge on any atom is -0.493 e. The number of aromatic carboxylic acids is 1. The minimum atomic E-state index is -1.07. The van der Waals surface area contributed by atoms with Crippen molar-refractivity contribution < 1.29 is 24.2 Å². The lowest BCUT2D eigenvalue weighted by Gasteiger charge is -2.09. The van der Waals surface area contributed by atoms with Gasteiger partial charge in [0.2, 0.25) is 0 Å². The van der Waals surface area contributed by atoms with Crippen LogP contribution in [0.4, 0.5) is 0 Å². The highest BCUT2D eigenvalue weighted by Gasteiger charge is 2.11. The average Bonchev–Trinajstić information content (AvgIpc) is 2.44. The number of carbonyl (C=O) groups is 2. The number of benzene rings is 1. The molecular formula is C15H19ClO5. The molecule has 0 aliphatic carbocycles. The van der Waals surface area contributed by atoms with Gasteiger partial charge in [0.1, 0.15) is 11.3 Å². The molecule has 116 valence electrons. The monoisotopic (exact) mass is 314 g/mol. The summed E-state index contributed by atoms with van der Waals surface area (Å²) in [6.45, 7) is 2.57. The zero-order chi connectivity index (χ0) is 15.7. The molecule has 1 rings (SSSR count). The predicted octanol–water partition coefficient (Wildman–Crippen LogP) is 3.54. The zero-order valence-corrected chi connectivity index (χ0v) is 12.7.